The summed E-state index contributed by atoms with van der Waals surface area (Å²) in [6.07, 6.45) is 2.97. The van der Waals surface area contributed by atoms with E-state index in [0.717, 1.165) is 0 Å². The lowest BCUT2D eigenvalue weighted by molar-refractivity contribution is 0.570. The Morgan fingerprint density at radius 1 is 1.27 bits per heavy atom. The van der Waals surface area contributed by atoms with Crippen LogP contribution in [0.5, 0.6) is 0 Å². The van der Waals surface area contributed by atoms with Gasteiger partial charge in [0.15, 0.2) is 9.84 Å². The third kappa shape index (κ3) is 3.30. The SMILES string of the molecule is CCC(CC)S(=O)(=O)Cc1ccccn1. The normalized spacial score (nSPS) is 11.9. The highest BCUT2D eigenvalue weighted by Gasteiger charge is 2.22. The van der Waals surface area contributed by atoms with Crippen LogP contribution in [0.25, 0.3) is 0 Å². The van der Waals surface area contributed by atoms with Crippen LogP contribution in [0.4, 0.5) is 0 Å². The first kappa shape index (κ1) is 12.2. The Bertz CT molecular complexity index is 382. The third-order valence-electron chi connectivity index (χ3n) is 2.49. The number of pyridine rings is 1. The molecule has 0 radical (unpaired) electrons. The van der Waals surface area contributed by atoms with E-state index in [0.29, 0.717) is 18.5 Å². The van der Waals surface area contributed by atoms with Crippen LogP contribution in [0, 0.1) is 0 Å². The van der Waals surface area contributed by atoms with Crippen molar-refractivity contribution < 1.29 is 8.42 Å². The fourth-order valence-corrected chi connectivity index (χ4v) is 3.44. The third-order valence-corrected chi connectivity index (χ3v) is 4.87. The number of hydrogen-bond donors (Lipinski definition) is 0. The number of nitrogens with zero attached hydrogens (tertiary/aromatic N) is 1. The van der Waals surface area contributed by atoms with E-state index in [4.69, 9.17) is 0 Å². The maximum absolute atomic E-state index is 11.9. The molecule has 0 spiro atoms. The number of sulfone groups is 1. The molecule has 0 unspecified atom stereocenters. The summed E-state index contributed by atoms with van der Waals surface area (Å²) >= 11 is 0. The van der Waals surface area contributed by atoms with E-state index in [9.17, 15) is 8.42 Å². The van der Waals surface area contributed by atoms with Crippen LogP contribution in [-0.4, -0.2) is 18.7 Å². The first-order valence-electron chi connectivity index (χ1n) is 5.21. The Morgan fingerprint density at radius 2 is 1.93 bits per heavy atom. The summed E-state index contributed by atoms with van der Waals surface area (Å²) in [6.45, 7) is 3.81. The molecule has 1 heterocycles. The van der Waals surface area contributed by atoms with E-state index in [1.54, 1.807) is 18.3 Å². The zero-order valence-electron chi connectivity index (χ0n) is 9.18. The highest BCUT2D eigenvalue weighted by molar-refractivity contribution is 7.91. The Balaban J connectivity index is 2.81. The van der Waals surface area contributed by atoms with Crippen molar-refractivity contribution in [3.63, 3.8) is 0 Å². The fourth-order valence-electron chi connectivity index (χ4n) is 1.60. The van der Waals surface area contributed by atoms with Gasteiger partial charge in [0.25, 0.3) is 0 Å². The van der Waals surface area contributed by atoms with Crippen LogP contribution < -0.4 is 0 Å². The Labute approximate surface area is 91.5 Å². The van der Waals surface area contributed by atoms with Gasteiger partial charge in [0, 0.05) is 6.20 Å². The summed E-state index contributed by atoms with van der Waals surface area (Å²) in [6, 6.07) is 5.35. The average Bonchev–Trinajstić information content (AvgIpc) is 2.19. The molecule has 0 aliphatic heterocycles. The molecule has 0 saturated carbocycles. The fraction of sp³-hybridized carbons (Fsp3) is 0.545. The van der Waals surface area contributed by atoms with E-state index >= 15 is 0 Å². The van der Waals surface area contributed by atoms with Crippen LogP contribution in [0.1, 0.15) is 32.4 Å². The second-order valence-corrected chi connectivity index (χ2v) is 5.85. The molecular weight excluding hydrogens is 210 g/mol. The van der Waals surface area contributed by atoms with Crippen molar-refractivity contribution in [2.45, 2.75) is 37.7 Å². The molecule has 0 N–H and O–H groups in total. The predicted molar refractivity (Wildman–Crippen MR) is 61.2 cm³/mol. The van der Waals surface area contributed by atoms with Gasteiger partial charge in [-0.3, -0.25) is 4.98 Å². The van der Waals surface area contributed by atoms with Crippen LogP contribution in [-0.2, 0) is 15.6 Å². The topological polar surface area (TPSA) is 47.0 Å². The molecule has 84 valence electrons. The summed E-state index contributed by atoms with van der Waals surface area (Å²) in [4.78, 5) is 4.04. The van der Waals surface area contributed by atoms with Gasteiger partial charge in [0.1, 0.15) is 0 Å². The van der Waals surface area contributed by atoms with Crippen molar-refractivity contribution in [1.29, 1.82) is 0 Å². The molecule has 0 atom stereocenters. The zero-order valence-corrected chi connectivity index (χ0v) is 10.00. The Kier molecular flexibility index (Phi) is 4.27. The molecule has 0 aliphatic carbocycles. The molecule has 3 nitrogen and oxygen atoms in total. The van der Waals surface area contributed by atoms with Gasteiger partial charge in [-0.05, 0) is 25.0 Å². The number of aromatic nitrogens is 1. The molecule has 4 heteroatoms. The molecule has 0 aromatic carbocycles. The standard InChI is InChI=1S/C11H17NO2S/c1-3-11(4-2)15(13,14)9-10-7-5-6-8-12-10/h5-8,11H,3-4,9H2,1-2H3. The minimum atomic E-state index is -3.04. The van der Waals surface area contributed by atoms with Gasteiger partial charge in [0.05, 0.1) is 16.7 Å². The van der Waals surface area contributed by atoms with E-state index in [-0.39, 0.29) is 11.0 Å². The summed E-state index contributed by atoms with van der Waals surface area (Å²) in [5.41, 5.74) is 0.629. The Hall–Kier alpha value is -0.900. The zero-order chi connectivity index (χ0) is 11.3. The lowest BCUT2D eigenvalue weighted by Crippen LogP contribution is -2.21. The second-order valence-electron chi connectivity index (χ2n) is 3.57. The van der Waals surface area contributed by atoms with E-state index in [2.05, 4.69) is 4.98 Å². The lowest BCUT2D eigenvalue weighted by Gasteiger charge is -2.12. The molecule has 0 fully saturated rings. The van der Waals surface area contributed by atoms with Crippen molar-refractivity contribution in [3.8, 4) is 0 Å². The summed E-state index contributed by atoms with van der Waals surface area (Å²) in [7, 11) is -3.04. The lowest BCUT2D eigenvalue weighted by atomic mass is 10.3. The highest BCUT2D eigenvalue weighted by atomic mass is 32.2. The minimum absolute atomic E-state index is 0.0557. The molecule has 1 aromatic rings. The largest absolute Gasteiger partial charge is 0.260 e. The minimum Gasteiger partial charge on any atom is -0.260 e. The van der Waals surface area contributed by atoms with Gasteiger partial charge in [-0.25, -0.2) is 8.42 Å². The highest BCUT2D eigenvalue weighted by Crippen LogP contribution is 2.14. The molecule has 0 aliphatic rings. The van der Waals surface area contributed by atoms with Gasteiger partial charge in [-0.15, -0.1) is 0 Å². The summed E-state index contributed by atoms with van der Waals surface area (Å²) in [5, 5.41) is -0.237. The van der Waals surface area contributed by atoms with Gasteiger partial charge in [-0.1, -0.05) is 19.9 Å². The number of hydrogen-bond acceptors (Lipinski definition) is 3. The first-order valence-corrected chi connectivity index (χ1v) is 6.93. The number of rotatable bonds is 5. The van der Waals surface area contributed by atoms with Gasteiger partial charge < -0.3 is 0 Å². The van der Waals surface area contributed by atoms with Crippen molar-refractivity contribution in [2.24, 2.45) is 0 Å². The van der Waals surface area contributed by atoms with E-state index < -0.39 is 9.84 Å². The van der Waals surface area contributed by atoms with Gasteiger partial charge in [0.2, 0.25) is 0 Å². The van der Waals surface area contributed by atoms with E-state index in [1.807, 2.05) is 19.9 Å². The molecule has 1 rings (SSSR count). The molecule has 15 heavy (non-hydrogen) atoms. The van der Waals surface area contributed by atoms with E-state index in [1.165, 1.54) is 0 Å². The predicted octanol–water partition coefficient (Wildman–Crippen LogP) is 2.19. The maximum atomic E-state index is 11.9. The van der Waals surface area contributed by atoms with Crippen LogP contribution >= 0.6 is 0 Å². The van der Waals surface area contributed by atoms with Crippen LogP contribution in [0.3, 0.4) is 0 Å². The summed E-state index contributed by atoms with van der Waals surface area (Å²) < 4.78 is 23.8. The van der Waals surface area contributed by atoms with Crippen molar-refractivity contribution in [1.82, 2.24) is 4.98 Å². The monoisotopic (exact) mass is 227 g/mol. The molecule has 0 bridgehead atoms. The first-order chi connectivity index (χ1) is 7.10. The summed E-state index contributed by atoms with van der Waals surface area (Å²) in [5.74, 6) is 0.0557. The molecule has 0 saturated heterocycles. The molecule has 1 aromatic heterocycles. The van der Waals surface area contributed by atoms with Crippen LogP contribution in [0.2, 0.25) is 0 Å². The quantitative estimate of drug-likeness (QED) is 0.774. The molecular formula is C11H17NO2S. The van der Waals surface area contributed by atoms with Crippen LogP contribution in [0.15, 0.2) is 24.4 Å². The maximum Gasteiger partial charge on any atom is 0.158 e. The molecule has 0 amide bonds. The van der Waals surface area contributed by atoms with Gasteiger partial charge >= 0.3 is 0 Å². The van der Waals surface area contributed by atoms with Crippen molar-refractivity contribution >= 4 is 9.84 Å². The smallest absolute Gasteiger partial charge is 0.158 e. The second kappa shape index (κ2) is 5.26. The van der Waals surface area contributed by atoms with Gasteiger partial charge in [-0.2, -0.15) is 0 Å². The Morgan fingerprint density at radius 3 is 2.40 bits per heavy atom. The van der Waals surface area contributed by atoms with Crippen molar-refractivity contribution in [2.75, 3.05) is 0 Å². The average molecular weight is 227 g/mol. The van der Waals surface area contributed by atoms with Crippen molar-refractivity contribution in [3.05, 3.63) is 30.1 Å².